The highest BCUT2D eigenvalue weighted by Gasteiger charge is 2.23. The van der Waals surface area contributed by atoms with Crippen molar-refractivity contribution in [2.24, 2.45) is 5.92 Å². The van der Waals surface area contributed by atoms with Crippen LogP contribution in [0.5, 0.6) is 0 Å². The fraction of sp³-hybridized carbons (Fsp3) is 0.368. The molecule has 0 bridgehead atoms. The van der Waals surface area contributed by atoms with Gasteiger partial charge in [0.05, 0.1) is 6.54 Å². The zero-order chi connectivity index (χ0) is 19.0. The smallest absolute Gasteiger partial charge is 0.276 e. The molecule has 0 aliphatic rings. The van der Waals surface area contributed by atoms with E-state index in [0.717, 1.165) is 11.1 Å². The number of aromatic amines is 1. The molecule has 0 aliphatic carbocycles. The summed E-state index contributed by atoms with van der Waals surface area (Å²) in [5, 5.41) is 2.94. The number of nitrogens with one attached hydrogen (secondary N) is 1. The molecule has 0 spiro atoms. The normalized spacial score (nSPS) is 11.3. The third kappa shape index (κ3) is 3.24. The lowest BCUT2D eigenvalue weighted by Crippen LogP contribution is -2.34. The molecule has 0 saturated carbocycles. The summed E-state index contributed by atoms with van der Waals surface area (Å²) in [6.45, 7) is 9.56. The predicted octanol–water partition coefficient (Wildman–Crippen LogP) is 2.53. The summed E-state index contributed by atoms with van der Waals surface area (Å²) in [6, 6.07) is 7.98. The van der Waals surface area contributed by atoms with Crippen LogP contribution >= 0.6 is 0 Å². The number of nitrogens with zero attached hydrogens (tertiary/aromatic N) is 4. The maximum atomic E-state index is 12.8. The highest BCUT2D eigenvalue weighted by Crippen LogP contribution is 2.17. The average Bonchev–Trinajstić information content (AvgIpc) is 3.02. The molecule has 7 nitrogen and oxygen atoms in total. The van der Waals surface area contributed by atoms with Crippen molar-refractivity contribution in [3.63, 3.8) is 0 Å². The third-order valence-electron chi connectivity index (χ3n) is 4.43. The van der Waals surface area contributed by atoms with Gasteiger partial charge in [0.1, 0.15) is 0 Å². The molecule has 0 fully saturated rings. The molecule has 2 heterocycles. The first kappa shape index (κ1) is 17.8. The minimum absolute atomic E-state index is 0.0777. The Kier molecular flexibility index (Phi) is 4.63. The first-order chi connectivity index (χ1) is 12.3. The van der Waals surface area contributed by atoms with Crippen molar-refractivity contribution in [3.05, 3.63) is 57.0 Å². The predicted molar refractivity (Wildman–Crippen MR) is 100 cm³/mol. The van der Waals surface area contributed by atoms with Crippen LogP contribution in [0.1, 0.15) is 36.2 Å². The molecular weight excluding hydrogens is 330 g/mol. The van der Waals surface area contributed by atoms with Gasteiger partial charge < -0.3 is 0 Å². The van der Waals surface area contributed by atoms with Crippen molar-refractivity contribution in [3.8, 4) is 0 Å². The number of carbonyl (C=O) groups is 1. The van der Waals surface area contributed by atoms with Crippen molar-refractivity contribution in [2.45, 2.75) is 41.2 Å². The van der Waals surface area contributed by atoms with Crippen molar-refractivity contribution >= 4 is 17.6 Å². The molecule has 1 amide bonds. The second-order valence-corrected chi connectivity index (χ2v) is 6.87. The van der Waals surface area contributed by atoms with Gasteiger partial charge in [-0.3, -0.25) is 19.6 Å². The van der Waals surface area contributed by atoms with Crippen LogP contribution in [0.4, 0.5) is 5.95 Å². The topological polar surface area (TPSA) is 83.4 Å². The maximum absolute atomic E-state index is 12.8. The standard InChI is InChI=1S/C19H23N5O2/c1-11(2)16(25)23(10-15-8-6-12(3)7-9-15)19-21-18-20-14(5)13(4)17(26)24(18)22-19/h6-9,11H,10H2,1-5H3,(H,20,21,22). The van der Waals surface area contributed by atoms with Crippen LogP contribution in [-0.2, 0) is 11.3 Å². The molecule has 7 heteroatoms. The Bertz CT molecular complexity index is 1010. The van der Waals surface area contributed by atoms with Gasteiger partial charge >= 0.3 is 0 Å². The van der Waals surface area contributed by atoms with E-state index in [9.17, 15) is 9.59 Å². The van der Waals surface area contributed by atoms with Crippen LogP contribution in [0.15, 0.2) is 29.1 Å². The highest BCUT2D eigenvalue weighted by atomic mass is 16.2. The lowest BCUT2D eigenvalue weighted by molar-refractivity contribution is -0.121. The van der Waals surface area contributed by atoms with Crippen molar-refractivity contribution in [1.29, 1.82) is 0 Å². The third-order valence-corrected chi connectivity index (χ3v) is 4.43. The Balaban J connectivity index is 2.08. The summed E-state index contributed by atoms with van der Waals surface area (Å²) in [7, 11) is 0. The molecule has 1 aromatic carbocycles. The van der Waals surface area contributed by atoms with Crippen LogP contribution in [0.2, 0.25) is 0 Å². The van der Waals surface area contributed by atoms with E-state index in [0.29, 0.717) is 23.8 Å². The van der Waals surface area contributed by atoms with Crippen LogP contribution in [0.3, 0.4) is 0 Å². The summed E-state index contributed by atoms with van der Waals surface area (Å²) in [4.78, 5) is 35.5. The van der Waals surface area contributed by atoms with E-state index in [4.69, 9.17) is 0 Å². The highest BCUT2D eigenvalue weighted by molar-refractivity contribution is 5.93. The van der Waals surface area contributed by atoms with Gasteiger partial charge in [-0.2, -0.15) is 9.50 Å². The van der Waals surface area contributed by atoms with Gasteiger partial charge in [-0.25, -0.2) is 4.98 Å². The van der Waals surface area contributed by atoms with Crippen LogP contribution in [0.25, 0.3) is 5.78 Å². The van der Waals surface area contributed by atoms with E-state index in [1.165, 1.54) is 4.52 Å². The largest absolute Gasteiger partial charge is 0.277 e. The van der Waals surface area contributed by atoms with Crippen LogP contribution in [0, 0.1) is 26.7 Å². The Morgan fingerprint density at radius 1 is 1.15 bits per heavy atom. The number of aromatic nitrogens is 4. The van der Waals surface area contributed by atoms with E-state index in [2.05, 4.69) is 15.1 Å². The molecule has 1 N–H and O–H groups in total. The van der Waals surface area contributed by atoms with Gasteiger partial charge in [-0.1, -0.05) is 43.7 Å². The van der Waals surface area contributed by atoms with Crippen molar-refractivity contribution in [2.75, 3.05) is 4.90 Å². The molecule has 0 aliphatic heterocycles. The minimum Gasteiger partial charge on any atom is -0.276 e. The van der Waals surface area contributed by atoms with Gasteiger partial charge in [-0.15, -0.1) is 0 Å². The van der Waals surface area contributed by atoms with E-state index >= 15 is 0 Å². The van der Waals surface area contributed by atoms with Crippen LogP contribution < -0.4 is 10.5 Å². The molecule has 2 aromatic heterocycles. The van der Waals surface area contributed by atoms with E-state index in [1.807, 2.05) is 45.0 Å². The van der Waals surface area contributed by atoms with Gasteiger partial charge in [0.2, 0.25) is 11.9 Å². The monoisotopic (exact) mass is 353 g/mol. The molecule has 136 valence electrons. The van der Waals surface area contributed by atoms with Gasteiger partial charge in [0.25, 0.3) is 11.3 Å². The van der Waals surface area contributed by atoms with E-state index in [-0.39, 0.29) is 23.2 Å². The number of carbonyl (C=O) groups excluding carboxylic acids is 1. The number of benzene rings is 1. The zero-order valence-corrected chi connectivity index (χ0v) is 15.7. The Labute approximate surface area is 151 Å². The molecule has 0 atom stereocenters. The second-order valence-electron chi connectivity index (χ2n) is 6.87. The lowest BCUT2D eigenvalue weighted by Gasteiger charge is -2.21. The lowest BCUT2D eigenvalue weighted by atomic mass is 10.1. The summed E-state index contributed by atoms with van der Waals surface area (Å²) in [5.41, 5.74) is 3.11. The number of rotatable bonds is 4. The molecule has 0 saturated heterocycles. The summed E-state index contributed by atoms with van der Waals surface area (Å²) >= 11 is 0. The summed E-state index contributed by atoms with van der Waals surface area (Å²) in [6.07, 6.45) is 0. The Morgan fingerprint density at radius 2 is 1.81 bits per heavy atom. The van der Waals surface area contributed by atoms with Gasteiger partial charge in [0, 0.05) is 17.2 Å². The molecular formula is C19H23N5O2. The van der Waals surface area contributed by atoms with Gasteiger partial charge in [0.15, 0.2) is 0 Å². The van der Waals surface area contributed by atoms with Crippen molar-refractivity contribution < 1.29 is 4.79 Å². The van der Waals surface area contributed by atoms with Gasteiger partial charge in [-0.05, 0) is 26.3 Å². The number of hydrogen-bond donors (Lipinski definition) is 1. The molecule has 3 rings (SSSR count). The fourth-order valence-electron chi connectivity index (χ4n) is 2.66. The number of aryl methyl sites for hydroxylation is 2. The number of anilines is 1. The molecule has 0 unspecified atom stereocenters. The minimum atomic E-state index is -0.210. The quantitative estimate of drug-likeness (QED) is 0.781. The molecule has 0 radical (unpaired) electrons. The Morgan fingerprint density at radius 3 is 2.42 bits per heavy atom. The zero-order valence-electron chi connectivity index (χ0n) is 15.7. The number of fused-ring (bicyclic) bond motifs is 1. The number of H-pyrrole nitrogens is 1. The van der Waals surface area contributed by atoms with E-state index < -0.39 is 0 Å². The number of amides is 1. The first-order valence-corrected chi connectivity index (χ1v) is 8.61. The molecule has 26 heavy (non-hydrogen) atoms. The number of hydrogen-bond acceptors (Lipinski definition) is 4. The van der Waals surface area contributed by atoms with Crippen LogP contribution in [-0.4, -0.2) is 25.5 Å². The van der Waals surface area contributed by atoms with Crippen molar-refractivity contribution in [1.82, 2.24) is 19.6 Å². The fourth-order valence-corrected chi connectivity index (χ4v) is 2.66. The average molecular weight is 353 g/mol. The van der Waals surface area contributed by atoms with E-state index in [1.54, 1.807) is 18.7 Å². The molecule has 3 aromatic rings. The first-order valence-electron chi connectivity index (χ1n) is 8.61. The SMILES string of the molecule is Cc1ccc(CN(C(=O)C(C)C)c2nc3nc(C)c(C)c(=O)n3[nH]2)cc1. The second kappa shape index (κ2) is 6.74. The Hall–Kier alpha value is -2.96. The summed E-state index contributed by atoms with van der Waals surface area (Å²) < 4.78 is 1.29. The summed E-state index contributed by atoms with van der Waals surface area (Å²) in [5.74, 6) is 0.297. The maximum Gasteiger partial charge on any atom is 0.277 e.